The van der Waals surface area contributed by atoms with Crippen molar-refractivity contribution in [3.8, 4) is 0 Å². The molecule has 3 nitrogen and oxygen atoms in total. The molecular formula is C8H8N2O. The summed E-state index contributed by atoms with van der Waals surface area (Å²) >= 11 is 0. The van der Waals surface area contributed by atoms with E-state index in [1.54, 1.807) is 12.4 Å². The van der Waals surface area contributed by atoms with Gasteiger partial charge in [-0.25, -0.2) is 0 Å². The van der Waals surface area contributed by atoms with Gasteiger partial charge in [-0.1, -0.05) is 0 Å². The molecule has 1 atom stereocenters. The number of aliphatic imine (C=N–C) groups is 1. The topological polar surface area (TPSA) is 34.5 Å². The first-order valence-corrected chi connectivity index (χ1v) is 3.50. The van der Waals surface area contributed by atoms with Gasteiger partial charge in [0, 0.05) is 12.4 Å². The third-order valence-corrected chi connectivity index (χ3v) is 1.65. The quantitative estimate of drug-likeness (QED) is 0.599. The standard InChI is InChI=1S/C8H8N2O/c1-3-9-4-2-7(1)8-5-10-6-11-8/h1-4,6,8H,5H2. The SMILES string of the molecule is C1=NCC(c2ccncc2)O1. The molecule has 0 amide bonds. The van der Waals surface area contributed by atoms with E-state index < -0.39 is 0 Å². The van der Waals surface area contributed by atoms with Crippen LogP contribution in [-0.2, 0) is 4.74 Å². The van der Waals surface area contributed by atoms with E-state index in [9.17, 15) is 0 Å². The van der Waals surface area contributed by atoms with Crippen molar-refractivity contribution in [3.05, 3.63) is 30.1 Å². The maximum Gasteiger partial charge on any atom is 0.170 e. The Kier molecular flexibility index (Phi) is 1.55. The van der Waals surface area contributed by atoms with Crippen LogP contribution in [0.2, 0.25) is 0 Å². The summed E-state index contributed by atoms with van der Waals surface area (Å²) in [5.74, 6) is 0. The molecule has 0 fully saturated rings. The second kappa shape index (κ2) is 2.70. The van der Waals surface area contributed by atoms with Crippen molar-refractivity contribution in [3.63, 3.8) is 0 Å². The average Bonchev–Trinajstić information content (AvgIpc) is 2.58. The minimum absolute atomic E-state index is 0.109. The molecule has 56 valence electrons. The van der Waals surface area contributed by atoms with Gasteiger partial charge in [-0.15, -0.1) is 0 Å². The van der Waals surface area contributed by atoms with E-state index in [0.29, 0.717) is 0 Å². The molecule has 1 aliphatic rings. The smallest absolute Gasteiger partial charge is 0.170 e. The molecule has 0 spiro atoms. The fraction of sp³-hybridized carbons (Fsp3) is 0.250. The van der Waals surface area contributed by atoms with Gasteiger partial charge in [0.2, 0.25) is 0 Å². The maximum atomic E-state index is 5.22. The molecule has 0 aliphatic carbocycles. The highest BCUT2D eigenvalue weighted by Crippen LogP contribution is 2.18. The Bertz CT molecular complexity index is 250. The van der Waals surface area contributed by atoms with Crippen molar-refractivity contribution in [2.75, 3.05) is 6.54 Å². The molecule has 0 saturated carbocycles. The zero-order valence-electron chi connectivity index (χ0n) is 5.97. The van der Waals surface area contributed by atoms with Crippen LogP contribution in [0.25, 0.3) is 0 Å². The number of aromatic nitrogens is 1. The first-order valence-electron chi connectivity index (χ1n) is 3.50. The largest absolute Gasteiger partial charge is 0.474 e. The van der Waals surface area contributed by atoms with Crippen molar-refractivity contribution in [2.45, 2.75) is 6.10 Å². The van der Waals surface area contributed by atoms with Crippen molar-refractivity contribution in [2.24, 2.45) is 4.99 Å². The number of nitrogens with zero attached hydrogens (tertiary/aromatic N) is 2. The molecule has 1 unspecified atom stereocenters. The zero-order chi connectivity index (χ0) is 7.52. The number of hydrogen-bond donors (Lipinski definition) is 0. The number of pyridine rings is 1. The Morgan fingerprint density at radius 2 is 2.18 bits per heavy atom. The second-order valence-corrected chi connectivity index (χ2v) is 2.38. The summed E-state index contributed by atoms with van der Waals surface area (Å²) < 4.78 is 5.22. The van der Waals surface area contributed by atoms with Gasteiger partial charge in [-0.3, -0.25) is 9.98 Å². The van der Waals surface area contributed by atoms with E-state index in [4.69, 9.17) is 4.74 Å². The monoisotopic (exact) mass is 148 g/mol. The van der Waals surface area contributed by atoms with Gasteiger partial charge in [0.1, 0.15) is 6.10 Å². The third kappa shape index (κ3) is 1.22. The Morgan fingerprint density at radius 1 is 1.36 bits per heavy atom. The van der Waals surface area contributed by atoms with Gasteiger partial charge < -0.3 is 4.74 Å². The van der Waals surface area contributed by atoms with Crippen LogP contribution < -0.4 is 0 Å². The number of rotatable bonds is 1. The molecule has 0 N–H and O–H groups in total. The lowest BCUT2D eigenvalue weighted by molar-refractivity contribution is 0.240. The Morgan fingerprint density at radius 3 is 2.82 bits per heavy atom. The molecular weight excluding hydrogens is 140 g/mol. The average molecular weight is 148 g/mol. The lowest BCUT2D eigenvalue weighted by Gasteiger charge is -2.06. The van der Waals surface area contributed by atoms with Gasteiger partial charge in [0.05, 0.1) is 6.54 Å². The fourth-order valence-corrected chi connectivity index (χ4v) is 1.06. The predicted octanol–water partition coefficient (Wildman–Crippen LogP) is 1.18. The molecule has 0 aromatic carbocycles. The highest BCUT2D eigenvalue weighted by Gasteiger charge is 2.13. The van der Waals surface area contributed by atoms with E-state index in [1.807, 2.05) is 12.1 Å². The molecule has 1 aliphatic heterocycles. The molecule has 0 radical (unpaired) electrons. The molecule has 11 heavy (non-hydrogen) atoms. The Balaban J connectivity index is 2.17. The third-order valence-electron chi connectivity index (χ3n) is 1.65. The summed E-state index contributed by atoms with van der Waals surface area (Å²) in [5.41, 5.74) is 1.14. The van der Waals surface area contributed by atoms with Crippen LogP contribution in [0.15, 0.2) is 29.5 Å². The van der Waals surface area contributed by atoms with Gasteiger partial charge in [0.15, 0.2) is 6.40 Å². The minimum atomic E-state index is 0.109. The first-order chi connectivity index (χ1) is 5.47. The molecule has 2 rings (SSSR count). The molecule has 1 aromatic heterocycles. The Hall–Kier alpha value is -1.38. The summed E-state index contributed by atoms with van der Waals surface area (Å²) in [6.07, 6.45) is 5.14. The van der Waals surface area contributed by atoms with Crippen LogP contribution in [0.3, 0.4) is 0 Å². The van der Waals surface area contributed by atoms with Crippen LogP contribution in [0.4, 0.5) is 0 Å². The molecule has 0 bridgehead atoms. The van der Waals surface area contributed by atoms with Gasteiger partial charge in [-0.05, 0) is 17.7 Å². The molecule has 0 saturated heterocycles. The lowest BCUT2D eigenvalue weighted by atomic mass is 10.1. The summed E-state index contributed by atoms with van der Waals surface area (Å²) in [7, 11) is 0. The second-order valence-electron chi connectivity index (χ2n) is 2.38. The predicted molar refractivity (Wildman–Crippen MR) is 41.4 cm³/mol. The van der Waals surface area contributed by atoms with Crippen molar-refractivity contribution >= 4 is 6.40 Å². The van der Waals surface area contributed by atoms with E-state index in [1.165, 1.54) is 6.40 Å². The minimum Gasteiger partial charge on any atom is -0.474 e. The van der Waals surface area contributed by atoms with E-state index in [-0.39, 0.29) is 6.10 Å². The van der Waals surface area contributed by atoms with Crippen molar-refractivity contribution in [1.29, 1.82) is 0 Å². The number of ether oxygens (including phenoxy) is 1. The molecule has 3 heteroatoms. The fourth-order valence-electron chi connectivity index (χ4n) is 1.06. The van der Waals surface area contributed by atoms with Crippen molar-refractivity contribution < 1.29 is 4.74 Å². The van der Waals surface area contributed by atoms with Gasteiger partial charge in [-0.2, -0.15) is 0 Å². The molecule has 2 heterocycles. The lowest BCUT2D eigenvalue weighted by Crippen LogP contribution is -1.99. The summed E-state index contributed by atoms with van der Waals surface area (Å²) in [6.45, 7) is 0.726. The van der Waals surface area contributed by atoms with E-state index in [0.717, 1.165) is 12.1 Å². The van der Waals surface area contributed by atoms with Crippen LogP contribution in [0, 0.1) is 0 Å². The number of hydrogen-bond acceptors (Lipinski definition) is 3. The first kappa shape index (κ1) is 6.34. The zero-order valence-corrected chi connectivity index (χ0v) is 5.97. The Labute approximate surface area is 64.7 Å². The highest BCUT2D eigenvalue weighted by atomic mass is 16.5. The van der Waals surface area contributed by atoms with Gasteiger partial charge >= 0.3 is 0 Å². The van der Waals surface area contributed by atoms with E-state index >= 15 is 0 Å². The summed E-state index contributed by atoms with van der Waals surface area (Å²) in [6, 6.07) is 3.89. The summed E-state index contributed by atoms with van der Waals surface area (Å²) in [5, 5.41) is 0. The van der Waals surface area contributed by atoms with Crippen LogP contribution in [0.5, 0.6) is 0 Å². The van der Waals surface area contributed by atoms with E-state index in [2.05, 4.69) is 9.98 Å². The van der Waals surface area contributed by atoms with Crippen LogP contribution in [-0.4, -0.2) is 17.9 Å². The maximum absolute atomic E-state index is 5.22. The van der Waals surface area contributed by atoms with Gasteiger partial charge in [0.25, 0.3) is 0 Å². The normalized spacial score (nSPS) is 21.6. The highest BCUT2D eigenvalue weighted by molar-refractivity contribution is 5.49. The van der Waals surface area contributed by atoms with Crippen molar-refractivity contribution in [1.82, 2.24) is 4.98 Å². The molecule has 1 aromatic rings. The van der Waals surface area contributed by atoms with Crippen LogP contribution >= 0.6 is 0 Å². The summed E-state index contributed by atoms with van der Waals surface area (Å²) in [4.78, 5) is 7.89. The van der Waals surface area contributed by atoms with Crippen LogP contribution in [0.1, 0.15) is 11.7 Å².